The van der Waals surface area contributed by atoms with Crippen LogP contribution in [-0.4, -0.2) is 57.9 Å². The third kappa shape index (κ3) is 3.28. The van der Waals surface area contributed by atoms with Crippen molar-refractivity contribution in [2.75, 3.05) is 32.1 Å². The quantitative estimate of drug-likeness (QED) is 0.849. The summed E-state index contributed by atoms with van der Waals surface area (Å²) < 4.78 is 0. The van der Waals surface area contributed by atoms with Crippen LogP contribution in [0.2, 0.25) is 0 Å². The first-order valence-corrected chi connectivity index (χ1v) is 7.63. The number of hydrogen-bond acceptors (Lipinski definition) is 6. The van der Waals surface area contributed by atoms with E-state index < -0.39 is 0 Å². The number of hydrogen-bond donors (Lipinski definition) is 0. The monoisotopic (exact) mass is 312 g/mol. The summed E-state index contributed by atoms with van der Waals surface area (Å²) in [6.07, 6.45) is 5.82. The second-order valence-electron chi connectivity index (χ2n) is 5.96. The van der Waals surface area contributed by atoms with Gasteiger partial charge in [0.15, 0.2) is 0 Å². The zero-order chi connectivity index (χ0) is 16.4. The van der Waals surface area contributed by atoms with Gasteiger partial charge < -0.3 is 9.80 Å². The molecule has 0 aliphatic carbocycles. The molecule has 0 aromatic carbocycles. The molecule has 0 N–H and O–H groups in total. The van der Waals surface area contributed by atoms with Gasteiger partial charge in [-0.3, -0.25) is 4.79 Å². The van der Waals surface area contributed by atoms with Crippen molar-refractivity contribution in [2.45, 2.75) is 19.3 Å². The molecule has 2 aromatic heterocycles. The summed E-state index contributed by atoms with van der Waals surface area (Å²) in [6, 6.07) is 1.88. The molecular formula is C16H20N6O. The zero-order valence-electron chi connectivity index (χ0n) is 13.6. The van der Waals surface area contributed by atoms with Gasteiger partial charge in [0.25, 0.3) is 5.91 Å². The van der Waals surface area contributed by atoms with Crippen LogP contribution in [-0.2, 0) is 0 Å². The maximum absolute atomic E-state index is 12.6. The number of aryl methyl sites for hydroxylation is 1. The summed E-state index contributed by atoms with van der Waals surface area (Å²) in [7, 11) is 3.73. The highest BCUT2D eigenvalue weighted by atomic mass is 16.2. The number of aromatic nitrogens is 4. The highest BCUT2D eigenvalue weighted by Gasteiger charge is 2.30. The molecule has 0 saturated carbocycles. The van der Waals surface area contributed by atoms with Gasteiger partial charge in [0.1, 0.15) is 5.82 Å². The van der Waals surface area contributed by atoms with Gasteiger partial charge >= 0.3 is 0 Å². The molecule has 1 aliphatic heterocycles. The van der Waals surface area contributed by atoms with Crippen molar-refractivity contribution in [1.29, 1.82) is 0 Å². The fourth-order valence-corrected chi connectivity index (χ4v) is 2.67. The van der Waals surface area contributed by atoms with E-state index in [1.807, 2.05) is 32.0 Å². The standard InChI is InChI=1S/C16H20N6O/c1-11-4-6-17-14(20-11)12-5-7-22(10-12)15(23)13-8-18-16(19-9-13)21(2)3/h4,6,8-9,12H,5,7,10H2,1-3H3. The van der Waals surface area contributed by atoms with E-state index in [0.29, 0.717) is 24.6 Å². The Morgan fingerprint density at radius 3 is 2.65 bits per heavy atom. The molecule has 0 spiro atoms. The van der Waals surface area contributed by atoms with Crippen LogP contribution in [0.25, 0.3) is 0 Å². The molecule has 3 heterocycles. The second kappa shape index (κ2) is 6.28. The Hall–Kier alpha value is -2.57. The van der Waals surface area contributed by atoms with Crippen molar-refractivity contribution >= 4 is 11.9 Å². The summed E-state index contributed by atoms with van der Waals surface area (Å²) in [6.45, 7) is 3.29. The predicted molar refractivity (Wildman–Crippen MR) is 86.4 cm³/mol. The van der Waals surface area contributed by atoms with Gasteiger partial charge in [0, 0.05) is 57.4 Å². The van der Waals surface area contributed by atoms with Gasteiger partial charge in [-0.15, -0.1) is 0 Å². The first-order valence-electron chi connectivity index (χ1n) is 7.63. The van der Waals surface area contributed by atoms with Crippen molar-refractivity contribution in [1.82, 2.24) is 24.8 Å². The van der Waals surface area contributed by atoms with Gasteiger partial charge in [-0.25, -0.2) is 19.9 Å². The third-order valence-corrected chi connectivity index (χ3v) is 3.94. The maximum Gasteiger partial charge on any atom is 0.257 e. The Kier molecular flexibility index (Phi) is 4.18. The predicted octanol–water partition coefficient (Wildman–Crippen LogP) is 1.27. The molecule has 3 rings (SSSR count). The minimum Gasteiger partial charge on any atom is -0.347 e. The minimum absolute atomic E-state index is 0.0366. The van der Waals surface area contributed by atoms with Crippen molar-refractivity contribution in [2.24, 2.45) is 0 Å². The number of likely N-dealkylation sites (tertiary alicyclic amines) is 1. The summed E-state index contributed by atoms with van der Waals surface area (Å²) in [4.78, 5) is 33.4. The molecule has 1 atom stereocenters. The third-order valence-electron chi connectivity index (χ3n) is 3.94. The molecule has 1 fully saturated rings. The van der Waals surface area contributed by atoms with E-state index in [2.05, 4.69) is 19.9 Å². The van der Waals surface area contributed by atoms with E-state index in [-0.39, 0.29) is 11.8 Å². The van der Waals surface area contributed by atoms with Crippen molar-refractivity contribution in [3.05, 3.63) is 41.7 Å². The van der Waals surface area contributed by atoms with E-state index in [0.717, 1.165) is 17.9 Å². The molecule has 7 nitrogen and oxygen atoms in total. The lowest BCUT2D eigenvalue weighted by atomic mass is 10.1. The molecule has 23 heavy (non-hydrogen) atoms. The molecule has 1 aliphatic rings. The van der Waals surface area contributed by atoms with Crippen LogP contribution in [0.15, 0.2) is 24.7 Å². The SMILES string of the molecule is Cc1ccnc(C2CCN(C(=O)c3cnc(N(C)C)nc3)C2)n1. The Morgan fingerprint density at radius 2 is 2.00 bits per heavy atom. The molecule has 1 unspecified atom stereocenters. The van der Waals surface area contributed by atoms with Crippen molar-refractivity contribution in [3.63, 3.8) is 0 Å². The largest absolute Gasteiger partial charge is 0.347 e. The first-order chi connectivity index (χ1) is 11.0. The Morgan fingerprint density at radius 1 is 1.26 bits per heavy atom. The highest BCUT2D eigenvalue weighted by Crippen LogP contribution is 2.25. The van der Waals surface area contributed by atoms with Gasteiger partial charge in [-0.05, 0) is 19.4 Å². The summed E-state index contributed by atoms with van der Waals surface area (Å²) >= 11 is 0. The lowest BCUT2D eigenvalue weighted by Gasteiger charge is -2.16. The molecule has 1 amide bonds. The number of nitrogens with zero attached hydrogens (tertiary/aromatic N) is 6. The highest BCUT2D eigenvalue weighted by molar-refractivity contribution is 5.93. The summed E-state index contributed by atoms with van der Waals surface area (Å²) in [5.74, 6) is 1.57. The summed E-state index contributed by atoms with van der Waals surface area (Å²) in [5.41, 5.74) is 1.47. The average molecular weight is 312 g/mol. The molecule has 0 radical (unpaired) electrons. The topological polar surface area (TPSA) is 75.1 Å². The molecular weight excluding hydrogens is 292 g/mol. The number of amides is 1. The van der Waals surface area contributed by atoms with Gasteiger partial charge in [-0.2, -0.15) is 0 Å². The maximum atomic E-state index is 12.6. The van der Waals surface area contributed by atoms with E-state index in [1.54, 1.807) is 23.5 Å². The smallest absolute Gasteiger partial charge is 0.257 e. The van der Waals surface area contributed by atoms with Crippen molar-refractivity contribution in [3.8, 4) is 0 Å². The van der Waals surface area contributed by atoms with E-state index in [1.165, 1.54) is 0 Å². The molecule has 0 bridgehead atoms. The Balaban J connectivity index is 1.69. The number of carbonyl (C=O) groups is 1. The van der Waals surface area contributed by atoms with Crippen LogP contribution in [0.1, 0.15) is 34.2 Å². The van der Waals surface area contributed by atoms with E-state index >= 15 is 0 Å². The van der Waals surface area contributed by atoms with Gasteiger partial charge in [-0.1, -0.05) is 0 Å². The first kappa shape index (κ1) is 15.3. The number of anilines is 1. The molecule has 1 saturated heterocycles. The van der Waals surface area contributed by atoms with Gasteiger partial charge in [0.05, 0.1) is 5.56 Å². The lowest BCUT2D eigenvalue weighted by molar-refractivity contribution is 0.0789. The van der Waals surface area contributed by atoms with Crippen LogP contribution >= 0.6 is 0 Å². The average Bonchev–Trinajstić information content (AvgIpc) is 3.04. The van der Waals surface area contributed by atoms with Crippen LogP contribution in [0.5, 0.6) is 0 Å². The van der Waals surface area contributed by atoms with Crippen LogP contribution in [0.3, 0.4) is 0 Å². The number of rotatable bonds is 3. The van der Waals surface area contributed by atoms with E-state index in [9.17, 15) is 4.79 Å². The van der Waals surface area contributed by atoms with Crippen LogP contribution in [0.4, 0.5) is 5.95 Å². The minimum atomic E-state index is -0.0366. The molecule has 120 valence electrons. The Bertz CT molecular complexity index is 700. The van der Waals surface area contributed by atoms with Gasteiger partial charge in [0.2, 0.25) is 5.95 Å². The Labute approximate surface area is 135 Å². The fraction of sp³-hybridized carbons (Fsp3) is 0.438. The fourth-order valence-electron chi connectivity index (χ4n) is 2.67. The van der Waals surface area contributed by atoms with Crippen LogP contribution < -0.4 is 4.90 Å². The van der Waals surface area contributed by atoms with Crippen LogP contribution in [0, 0.1) is 6.92 Å². The van der Waals surface area contributed by atoms with E-state index in [4.69, 9.17) is 0 Å². The summed E-state index contributed by atoms with van der Waals surface area (Å²) in [5, 5.41) is 0. The van der Waals surface area contributed by atoms with Crippen molar-refractivity contribution < 1.29 is 4.79 Å². The second-order valence-corrected chi connectivity index (χ2v) is 5.96. The normalized spacial score (nSPS) is 17.3. The lowest BCUT2D eigenvalue weighted by Crippen LogP contribution is -2.29. The molecule has 2 aromatic rings. The zero-order valence-corrected chi connectivity index (χ0v) is 13.6. The number of carbonyl (C=O) groups excluding carboxylic acids is 1. The molecule has 7 heteroatoms.